The molecule has 0 fully saturated rings. The second kappa shape index (κ2) is 4.90. The lowest BCUT2D eigenvalue weighted by atomic mass is 10.1. The van der Waals surface area contributed by atoms with E-state index >= 15 is 0 Å². The van der Waals surface area contributed by atoms with Crippen molar-refractivity contribution < 1.29 is 0 Å². The SMILES string of the molecule is C=Cc1ccc2[nH]nc(C=Cc3cccnc3)c2c1. The molecular formula is C16H13N3. The topological polar surface area (TPSA) is 41.6 Å². The van der Waals surface area contributed by atoms with Crippen molar-refractivity contribution in [3.8, 4) is 0 Å². The van der Waals surface area contributed by atoms with Gasteiger partial charge in [-0.1, -0.05) is 30.9 Å². The van der Waals surface area contributed by atoms with Gasteiger partial charge in [-0.2, -0.15) is 5.10 Å². The Morgan fingerprint density at radius 3 is 2.84 bits per heavy atom. The number of benzene rings is 1. The first-order valence-electron chi connectivity index (χ1n) is 6.05. The summed E-state index contributed by atoms with van der Waals surface area (Å²) in [7, 11) is 0. The predicted molar refractivity (Wildman–Crippen MR) is 79.3 cm³/mol. The molecule has 3 aromatic rings. The number of H-pyrrole nitrogens is 1. The van der Waals surface area contributed by atoms with E-state index in [1.807, 2.05) is 48.7 Å². The van der Waals surface area contributed by atoms with E-state index in [4.69, 9.17) is 0 Å². The molecule has 19 heavy (non-hydrogen) atoms. The van der Waals surface area contributed by atoms with Crippen molar-refractivity contribution in [2.24, 2.45) is 0 Å². The molecule has 3 nitrogen and oxygen atoms in total. The van der Waals surface area contributed by atoms with Gasteiger partial charge in [0, 0.05) is 17.8 Å². The second-order valence-corrected chi connectivity index (χ2v) is 4.24. The smallest absolute Gasteiger partial charge is 0.0927 e. The van der Waals surface area contributed by atoms with Crippen LogP contribution in [0.3, 0.4) is 0 Å². The van der Waals surface area contributed by atoms with Crippen molar-refractivity contribution in [2.45, 2.75) is 0 Å². The number of aromatic amines is 1. The molecule has 0 bridgehead atoms. The summed E-state index contributed by atoms with van der Waals surface area (Å²) in [6, 6.07) is 10.0. The largest absolute Gasteiger partial charge is 0.277 e. The lowest BCUT2D eigenvalue weighted by Gasteiger charge is -1.94. The van der Waals surface area contributed by atoms with Gasteiger partial charge in [0.15, 0.2) is 0 Å². The minimum Gasteiger partial charge on any atom is -0.277 e. The number of hydrogen-bond donors (Lipinski definition) is 1. The molecule has 3 heteroatoms. The molecule has 0 atom stereocenters. The van der Waals surface area contributed by atoms with Crippen LogP contribution in [0, 0.1) is 0 Å². The van der Waals surface area contributed by atoms with E-state index in [9.17, 15) is 0 Å². The molecule has 1 N–H and O–H groups in total. The zero-order valence-electron chi connectivity index (χ0n) is 10.4. The molecule has 92 valence electrons. The first kappa shape index (κ1) is 11.4. The fraction of sp³-hybridized carbons (Fsp3) is 0. The maximum Gasteiger partial charge on any atom is 0.0927 e. The Morgan fingerprint density at radius 1 is 1.11 bits per heavy atom. The summed E-state index contributed by atoms with van der Waals surface area (Å²) >= 11 is 0. The van der Waals surface area contributed by atoms with Gasteiger partial charge in [0.1, 0.15) is 0 Å². The summed E-state index contributed by atoms with van der Waals surface area (Å²) in [5.41, 5.74) is 4.09. The Kier molecular flexibility index (Phi) is 2.94. The van der Waals surface area contributed by atoms with Gasteiger partial charge in [0.25, 0.3) is 0 Å². The minimum absolute atomic E-state index is 0.919. The van der Waals surface area contributed by atoms with Gasteiger partial charge in [0.2, 0.25) is 0 Å². The predicted octanol–water partition coefficient (Wildman–Crippen LogP) is 3.77. The van der Waals surface area contributed by atoms with Crippen LogP contribution in [0.15, 0.2) is 49.3 Å². The Labute approximate surface area is 111 Å². The van der Waals surface area contributed by atoms with Crippen LogP contribution in [-0.4, -0.2) is 15.2 Å². The van der Waals surface area contributed by atoms with Crippen LogP contribution in [-0.2, 0) is 0 Å². The lowest BCUT2D eigenvalue weighted by Crippen LogP contribution is -1.76. The zero-order valence-corrected chi connectivity index (χ0v) is 10.4. The molecule has 0 aliphatic rings. The highest BCUT2D eigenvalue weighted by molar-refractivity contribution is 5.90. The Hall–Kier alpha value is -2.68. The van der Waals surface area contributed by atoms with E-state index in [2.05, 4.69) is 27.8 Å². The van der Waals surface area contributed by atoms with Crippen LogP contribution in [0.4, 0.5) is 0 Å². The van der Waals surface area contributed by atoms with Crippen LogP contribution < -0.4 is 0 Å². The number of fused-ring (bicyclic) bond motifs is 1. The molecule has 0 unspecified atom stereocenters. The highest BCUT2D eigenvalue weighted by atomic mass is 15.1. The highest BCUT2D eigenvalue weighted by Crippen LogP contribution is 2.20. The molecular weight excluding hydrogens is 234 g/mol. The highest BCUT2D eigenvalue weighted by Gasteiger charge is 2.02. The number of hydrogen-bond acceptors (Lipinski definition) is 2. The number of aromatic nitrogens is 3. The van der Waals surface area contributed by atoms with Crippen LogP contribution in [0.1, 0.15) is 16.8 Å². The third-order valence-electron chi connectivity index (χ3n) is 2.97. The molecule has 0 aliphatic carbocycles. The van der Waals surface area contributed by atoms with Crippen LogP contribution in [0.2, 0.25) is 0 Å². The van der Waals surface area contributed by atoms with E-state index in [0.717, 1.165) is 27.7 Å². The van der Waals surface area contributed by atoms with Crippen molar-refractivity contribution in [2.75, 3.05) is 0 Å². The summed E-state index contributed by atoms with van der Waals surface area (Å²) in [5.74, 6) is 0. The van der Waals surface area contributed by atoms with Crippen molar-refractivity contribution in [1.29, 1.82) is 0 Å². The second-order valence-electron chi connectivity index (χ2n) is 4.24. The van der Waals surface area contributed by atoms with Gasteiger partial charge in [-0.25, -0.2) is 0 Å². The monoisotopic (exact) mass is 247 g/mol. The molecule has 0 aliphatic heterocycles. The number of pyridine rings is 1. The third-order valence-corrected chi connectivity index (χ3v) is 2.97. The quantitative estimate of drug-likeness (QED) is 0.765. The van der Waals surface area contributed by atoms with Crippen LogP contribution in [0.25, 0.3) is 29.1 Å². The third kappa shape index (κ3) is 2.31. The Balaban J connectivity index is 2.01. The average molecular weight is 247 g/mol. The number of nitrogens with one attached hydrogen (secondary N) is 1. The van der Waals surface area contributed by atoms with Crippen molar-refractivity contribution in [3.05, 3.63) is 66.1 Å². The van der Waals surface area contributed by atoms with Gasteiger partial charge in [-0.3, -0.25) is 10.1 Å². The van der Waals surface area contributed by atoms with Crippen LogP contribution >= 0.6 is 0 Å². The van der Waals surface area contributed by atoms with E-state index < -0.39 is 0 Å². The van der Waals surface area contributed by atoms with Gasteiger partial charge >= 0.3 is 0 Å². The Bertz CT molecular complexity index is 739. The summed E-state index contributed by atoms with van der Waals surface area (Å²) in [4.78, 5) is 4.08. The summed E-state index contributed by atoms with van der Waals surface area (Å²) in [6.45, 7) is 3.79. The maximum absolute atomic E-state index is 4.32. The lowest BCUT2D eigenvalue weighted by molar-refractivity contribution is 1.11. The number of rotatable bonds is 3. The zero-order chi connectivity index (χ0) is 13.1. The molecule has 2 heterocycles. The molecule has 0 saturated carbocycles. The Morgan fingerprint density at radius 2 is 2.05 bits per heavy atom. The fourth-order valence-electron chi connectivity index (χ4n) is 1.96. The van der Waals surface area contributed by atoms with E-state index in [0.29, 0.717) is 0 Å². The molecule has 0 saturated heterocycles. The van der Waals surface area contributed by atoms with Crippen molar-refractivity contribution >= 4 is 29.1 Å². The fourth-order valence-corrected chi connectivity index (χ4v) is 1.96. The van der Waals surface area contributed by atoms with Crippen molar-refractivity contribution in [3.63, 3.8) is 0 Å². The average Bonchev–Trinajstić information content (AvgIpc) is 2.88. The van der Waals surface area contributed by atoms with E-state index in [-0.39, 0.29) is 0 Å². The molecule has 0 radical (unpaired) electrons. The minimum atomic E-state index is 0.919. The number of nitrogens with zero attached hydrogens (tertiary/aromatic N) is 2. The first-order valence-corrected chi connectivity index (χ1v) is 6.05. The van der Waals surface area contributed by atoms with Gasteiger partial charge in [-0.05, 0) is 35.4 Å². The first-order chi connectivity index (χ1) is 9.36. The summed E-state index contributed by atoms with van der Waals surface area (Å²) < 4.78 is 0. The summed E-state index contributed by atoms with van der Waals surface area (Å²) in [6.07, 6.45) is 9.41. The van der Waals surface area contributed by atoms with Gasteiger partial charge in [-0.15, -0.1) is 0 Å². The molecule has 2 aromatic heterocycles. The van der Waals surface area contributed by atoms with Gasteiger partial charge < -0.3 is 0 Å². The van der Waals surface area contributed by atoms with Crippen LogP contribution in [0.5, 0.6) is 0 Å². The molecule has 0 amide bonds. The van der Waals surface area contributed by atoms with E-state index in [1.54, 1.807) is 6.20 Å². The summed E-state index contributed by atoms with van der Waals surface area (Å²) in [5, 5.41) is 8.44. The molecule has 1 aromatic carbocycles. The van der Waals surface area contributed by atoms with Crippen molar-refractivity contribution in [1.82, 2.24) is 15.2 Å². The normalized spacial score (nSPS) is 11.2. The molecule has 3 rings (SSSR count). The standard InChI is InChI=1S/C16H13N3/c1-2-12-5-7-15-14(10-12)16(19-18-15)8-6-13-4-3-9-17-11-13/h2-11H,1H2,(H,18,19). The molecule has 0 spiro atoms. The maximum atomic E-state index is 4.32. The van der Waals surface area contributed by atoms with E-state index in [1.165, 1.54) is 0 Å². The van der Waals surface area contributed by atoms with Gasteiger partial charge in [0.05, 0.1) is 11.2 Å².